The van der Waals surface area contributed by atoms with Crippen LogP contribution in [0.4, 0.5) is 9.59 Å². The molecule has 4 aromatic rings. The Morgan fingerprint density at radius 3 is 2.31 bits per heavy atom. The number of esters is 1. The molecule has 52 heavy (non-hydrogen) atoms. The number of rotatable bonds is 12. The molecule has 1 amide bonds. The lowest BCUT2D eigenvalue weighted by molar-refractivity contribution is -0.0993. The van der Waals surface area contributed by atoms with Crippen molar-refractivity contribution >= 4 is 18.2 Å². The first kappa shape index (κ1) is 36.4. The zero-order chi connectivity index (χ0) is 37.0. The van der Waals surface area contributed by atoms with E-state index in [-0.39, 0.29) is 31.1 Å². The Morgan fingerprint density at radius 1 is 1.02 bits per heavy atom. The minimum Gasteiger partial charge on any atom is -0.441 e. The van der Waals surface area contributed by atoms with Crippen LogP contribution in [-0.2, 0) is 47.0 Å². The normalized spacial score (nSPS) is 20.2. The predicted octanol–water partition coefficient (Wildman–Crippen LogP) is 3.51. The average molecular weight is 720 g/mol. The van der Waals surface area contributed by atoms with E-state index in [1.54, 1.807) is 4.57 Å². The van der Waals surface area contributed by atoms with Crippen LogP contribution in [0.2, 0.25) is 0 Å². The van der Waals surface area contributed by atoms with Gasteiger partial charge in [0, 0.05) is 32.5 Å². The number of benzene rings is 2. The number of hydrogen-bond acceptors (Lipinski definition) is 14. The average Bonchev–Trinajstić information content (AvgIpc) is 3.92. The van der Waals surface area contributed by atoms with Crippen LogP contribution in [0.15, 0.2) is 48.5 Å². The van der Waals surface area contributed by atoms with Gasteiger partial charge in [-0.1, -0.05) is 55.5 Å². The van der Waals surface area contributed by atoms with Crippen molar-refractivity contribution in [1.29, 1.82) is 0 Å². The molecule has 0 bridgehead atoms. The molecule has 17 heteroatoms. The summed E-state index contributed by atoms with van der Waals surface area (Å²) in [5.74, 6) is 0.204. The number of ether oxygens (including phenoxy) is 6. The van der Waals surface area contributed by atoms with Gasteiger partial charge in [0.15, 0.2) is 17.9 Å². The molecule has 0 radical (unpaired) electrons. The van der Waals surface area contributed by atoms with Crippen LogP contribution in [0.5, 0.6) is 0 Å². The van der Waals surface area contributed by atoms with E-state index in [2.05, 4.69) is 30.9 Å². The quantitative estimate of drug-likeness (QED) is 0.109. The molecule has 4 heterocycles. The summed E-state index contributed by atoms with van der Waals surface area (Å²) in [5, 5.41) is 27.9. The van der Waals surface area contributed by atoms with E-state index in [0.717, 1.165) is 28.7 Å². The van der Waals surface area contributed by atoms with Crippen LogP contribution in [0.1, 0.15) is 61.7 Å². The summed E-state index contributed by atoms with van der Waals surface area (Å²) in [5.41, 5.74) is 2.16. The molecule has 2 aromatic heterocycles. The maximum atomic E-state index is 13.8. The summed E-state index contributed by atoms with van der Waals surface area (Å²) in [6.45, 7) is 6.73. The van der Waals surface area contributed by atoms with E-state index in [0.29, 0.717) is 18.1 Å². The second kappa shape index (κ2) is 15.5. The number of carbonyl (C=O) groups is 3. The number of aryl methyl sites for hydroxylation is 1. The van der Waals surface area contributed by atoms with Crippen LogP contribution in [0.3, 0.4) is 0 Å². The van der Waals surface area contributed by atoms with Gasteiger partial charge >= 0.3 is 18.2 Å². The molecular weight excluding hydrogens is 678 g/mol. The topological polar surface area (TPSA) is 211 Å². The molecule has 2 aliphatic heterocycles. The summed E-state index contributed by atoms with van der Waals surface area (Å²) >= 11 is 0. The summed E-state index contributed by atoms with van der Waals surface area (Å²) in [4.78, 5) is 42.9. The summed E-state index contributed by atoms with van der Waals surface area (Å²) < 4.78 is 34.6. The monoisotopic (exact) mass is 719 g/mol. The van der Waals surface area contributed by atoms with Gasteiger partial charge in [-0.15, -0.1) is 10.2 Å². The summed E-state index contributed by atoms with van der Waals surface area (Å²) in [6.07, 6.45) is -4.67. The lowest BCUT2D eigenvalue weighted by atomic mass is 9.98. The number of nitrogens with one attached hydrogen (secondary N) is 2. The van der Waals surface area contributed by atoms with Gasteiger partial charge in [0.1, 0.15) is 29.3 Å². The Morgan fingerprint density at radius 2 is 1.69 bits per heavy atom. The first-order valence-corrected chi connectivity index (χ1v) is 16.9. The van der Waals surface area contributed by atoms with E-state index < -0.39 is 54.5 Å². The van der Waals surface area contributed by atoms with Gasteiger partial charge in [0.05, 0.1) is 13.2 Å². The van der Waals surface area contributed by atoms with Crippen molar-refractivity contribution in [2.24, 2.45) is 0 Å². The van der Waals surface area contributed by atoms with Gasteiger partial charge < -0.3 is 43.4 Å². The van der Waals surface area contributed by atoms with E-state index in [9.17, 15) is 19.5 Å². The van der Waals surface area contributed by atoms with Crippen molar-refractivity contribution in [3.05, 3.63) is 71.3 Å². The fraction of sp³-hybridized carbons (Fsp3) is 0.457. The largest absolute Gasteiger partial charge is 0.511 e. The molecule has 0 spiro atoms. The summed E-state index contributed by atoms with van der Waals surface area (Å²) in [6, 6.07) is 15.5. The Balaban J connectivity index is 1.16. The van der Waals surface area contributed by atoms with E-state index >= 15 is 0 Å². The van der Waals surface area contributed by atoms with Gasteiger partial charge in [0.2, 0.25) is 12.1 Å². The molecule has 0 aliphatic carbocycles. The molecule has 2 aliphatic rings. The SMILES string of the molecule is CCCc1nc(C(C)(C)O)c(C(=O)OC(C)OC(=O)O[C@@H]2CO[C@H]3[C@@H]2OC[C@H]3OC(=O)NC)n1Cc1ccc(-c2ccccc2-c2nn[nH]n2)cc1. The van der Waals surface area contributed by atoms with Crippen molar-refractivity contribution in [1.82, 2.24) is 35.5 Å². The highest BCUT2D eigenvalue weighted by Crippen LogP contribution is 2.33. The van der Waals surface area contributed by atoms with Gasteiger partial charge in [0.25, 0.3) is 0 Å². The molecule has 2 fully saturated rings. The summed E-state index contributed by atoms with van der Waals surface area (Å²) in [7, 11) is 1.44. The maximum Gasteiger partial charge on any atom is 0.511 e. The molecule has 17 nitrogen and oxygen atoms in total. The van der Waals surface area contributed by atoms with Crippen LogP contribution in [-0.4, -0.2) is 104 Å². The first-order chi connectivity index (χ1) is 25.0. The van der Waals surface area contributed by atoms with E-state index in [1.165, 1.54) is 27.8 Å². The minimum atomic E-state index is -1.51. The minimum absolute atomic E-state index is 0.00711. The third-order valence-electron chi connectivity index (χ3n) is 8.62. The molecule has 6 rings (SSSR count). The molecule has 276 valence electrons. The third-order valence-corrected chi connectivity index (χ3v) is 8.62. The van der Waals surface area contributed by atoms with Crippen LogP contribution >= 0.6 is 0 Å². The molecule has 1 unspecified atom stereocenters. The number of aromatic amines is 1. The molecule has 0 saturated carbocycles. The molecule has 5 atom stereocenters. The van der Waals surface area contributed by atoms with Gasteiger partial charge in [-0.25, -0.2) is 19.4 Å². The standard InChI is InChI=1S/C35H41N7O10/c1-6-9-26-37-30(35(3,4)46)27(42(26)16-20-12-14-21(15-13-20)22-10-7-8-11-23(22)31-38-40-41-39-31)32(43)49-19(2)50-34(45)52-25-18-48-28-24(17-47-29(25)28)51-33(44)36-5/h7-8,10-15,19,24-25,28-29,46H,6,9,16-18H2,1-5H3,(H,36,44)(H,38,39,40,41)/t19?,24-,25-,28-,29-/m1/s1. The number of fused-ring (bicyclic) bond motifs is 1. The number of amides is 1. The fourth-order valence-corrected chi connectivity index (χ4v) is 6.24. The van der Waals surface area contributed by atoms with Crippen LogP contribution in [0, 0.1) is 0 Å². The van der Waals surface area contributed by atoms with Crippen molar-refractivity contribution in [2.75, 3.05) is 20.3 Å². The molecule has 3 N–H and O–H groups in total. The highest BCUT2D eigenvalue weighted by molar-refractivity contribution is 5.89. The zero-order valence-corrected chi connectivity index (χ0v) is 29.4. The highest BCUT2D eigenvalue weighted by atomic mass is 16.8. The number of H-pyrrole nitrogens is 1. The first-order valence-electron chi connectivity index (χ1n) is 16.9. The number of hydrogen-bond donors (Lipinski definition) is 3. The van der Waals surface area contributed by atoms with Crippen molar-refractivity contribution in [2.45, 2.75) is 83.4 Å². The van der Waals surface area contributed by atoms with Crippen molar-refractivity contribution in [3.63, 3.8) is 0 Å². The second-order valence-electron chi connectivity index (χ2n) is 12.9. The second-order valence-corrected chi connectivity index (χ2v) is 12.9. The van der Waals surface area contributed by atoms with Crippen molar-refractivity contribution in [3.8, 4) is 22.5 Å². The van der Waals surface area contributed by atoms with Gasteiger partial charge in [-0.2, -0.15) is 5.21 Å². The van der Waals surface area contributed by atoms with Crippen LogP contribution < -0.4 is 5.32 Å². The number of aromatic nitrogens is 6. The number of tetrazole rings is 1. The lowest BCUT2D eigenvalue weighted by Gasteiger charge is -2.21. The Hall–Kier alpha value is -5.39. The van der Waals surface area contributed by atoms with Gasteiger partial charge in [-0.3, -0.25) is 0 Å². The third kappa shape index (κ3) is 7.90. The van der Waals surface area contributed by atoms with Gasteiger partial charge in [-0.05, 0) is 42.2 Å². The number of nitrogens with zero attached hydrogens (tertiary/aromatic N) is 5. The lowest BCUT2D eigenvalue weighted by Crippen LogP contribution is -2.37. The van der Waals surface area contributed by atoms with Crippen LogP contribution in [0.25, 0.3) is 22.5 Å². The Labute approximate surface area is 298 Å². The maximum absolute atomic E-state index is 13.8. The van der Waals surface area contributed by atoms with E-state index in [4.69, 9.17) is 28.4 Å². The van der Waals surface area contributed by atoms with E-state index in [1.807, 2.05) is 55.5 Å². The zero-order valence-electron chi connectivity index (χ0n) is 29.4. The number of carbonyl (C=O) groups excluding carboxylic acids is 3. The smallest absolute Gasteiger partial charge is 0.441 e. The Kier molecular flexibility index (Phi) is 10.8. The molecule has 2 saturated heterocycles. The molecular formula is C35H41N7O10. The Bertz CT molecular complexity index is 1870. The highest BCUT2D eigenvalue weighted by Gasteiger charge is 2.51. The fourth-order valence-electron chi connectivity index (χ4n) is 6.24. The molecule has 2 aromatic carbocycles. The number of alkyl carbamates (subject to hydrolysis) is 1. The number of aliphatic hydroxyl groups is 1. The predicted molar refractivity (Wildman–Crippen MR) is 181 cm³/mol. The number of imidazole rings is 1. The van der Waals surface area contributed by atoms with Crippen molar-refractivity contribution < 1.29 is 47.9 Å².